The molecular weight excluding hydrogens is 310 g/mol. The van der Waals surface area contributed by atoms with E-state index in [2.05, 4.69) is 5.32 Å². The SMILES string of the molecule is CSc1ccc([C@H]2NC(=O)c3ccccc3N2CC(N)=O)cc1. The van der Waals surface area contributed by atoms with Crippen molar-refractivity contribution in [1.82, 2.24) is 5.32 Å². The molecule has 1 aliphatic rings. The van der Waals surface area contributed by atoms with Gasteiger partial charge in [0.05, 0.1) is 17.8 Å². The predicted octanol–water partition coefficient (Wildman–Crippen LogP) is 2.14. The molecule has 2 aromatic rings. The van der Waals surface area contributed by atoms with E-state index in [4.69, 9.17) is 5.73 Å². The molecule has 0 radical (unpaired) electrons. The van der Waals surface area contributed by atoms with Crippen molar-refractivity contribution in [2.45, 2.75) is 11.1 Å². The summed E-state index contributed by atoms with van der Waals surface area (Å²) >= 11 is 1.65. The monoisotopic (exact) mass is 327 g/mol. The lowest BCUT2D eigenvalue weighted by molar-refractivity contribution is -0.116. The Labute approximate surface area is 138 Å². The number of anilines is 1. The van der Waals surface area contributed by atoms with Crippen LogP contribution < -0.4 is 16.0 Å². The van der Waals surface area contributed by atoms with E-state index >= 15 is 0 Å². The van der Waals surface area contributed by atoms with Crippen LogP contribution in [0.1, 0.15) is 22.1 Å². The van der Waals surface area contributed by atoms with Crippen LogP contribution in [0, 0.1) is 0 Å². The molecule has 118 valence electrons. The molecule has 0 saturated heterocycles. The third-order valence-electron chi connectivity index (χ3n) is 3.80. The number of thioether (sulfide) groups is 1. The smallest absolute Gasteiger partial charge is 0.255 e. The van der Waals surface area contributed by atoms with E-state index in [1.165, 1.54) is 0 Å². The van der Waals surface area contributed by atoms with Crippen LogP contribution in [0.3, 0.4) is 0 Å². The van der Waals surface area contributed by atoms with Crippen molar-refractivity contribution in [3.63, 3.8) is 0 Å². The fourth-order valence-corrected chi connectivity index (χ4v) is 3.14. The number of rotatable bonds is 4. The van der Waals surface area contributed by atoms with Gasteiger partial charge in [0, 0.05) is 4.90 Å². The Kier molecular flexibility index (Phi) is 4.25. The zero-order valence-corrected chi connectivity index (χ0v) is 13.5. The maximum absolute atomic E-state index is 12.4. The highest BCUT2D eigenvalue weighted by molar-refractivity contribution is 7.98. The largest absolute Gasteiger partial charge is 0.368 e. The molecule has 0 spiro atoms. The van der Waals surface area contributed by atoms with Crippen LogP contribution in [0.2, 0.25) is 0 Å². The van der Waals surface area contributed by atoms with Crippen molar-refractivity contribution in [3.8, 4) is 0 Å². The molecule has 0 aliphatic carbocycles. The van der Waals surface area contributed by atoms with Crippen LogP contribution in [-0.2, 0) is 4.79 Å². The van der Waals surface area contributed by atoms with E-state index < -0.39 is 12.1 Å². The lowest BCUT2D eigenvalue weighted by atomic mass is 10.0. The molecule has 0 fully saturated rings. The summed E-state index contributed by atoms with van der Waals surface area (Å²) in [4.78, 5) is 26.8. The number of primary amides is 1. The van der Waals surface area contributed by atoms with E-state index in [-0.39, 0.29) is 12.5 Å². The van der Waals surface area contributed by atoms with Gasteiger partial charge in [-0.05, 0) is 36.1 Å². The number of amides is 2. The van der Waals surface area contributed by atoms with Crippen molar-refractivity contribution >= 4 is 29.3 Å². The predicted molar refractivity (Wildman–Crippen MR) is 91.4 cm³/mol. The Bertz CT molecular complexity index is 746. The molecule has 0 saturated carbocycles. The molecule has 2 amide bonds. The summed E-state index contributed by atoms with van der Waals surface area (Å²) in [5.74, 6) is -0.595. The van der Waals surface area contributed by atoms with Gasteiger partial charge in [0.15, 0.2) is 0 Å². The zero-order chi connectivity index (χ0) is 16.4. The van der Waals surface area contributed by atoms with Gasteiger partial charge in [0.25, 0.3) is 5.91 Å². The summed E-state index contributed by atoms with van der Waals surface area (Å²) in [7, 11) is 0. The van der Waals surface area contributed by atoms with Crippen molar-refractivity contribution in [2.75, 3.05) is 17.7 Å². The molecule has 6 heteroatoms. The van der Waals surface area contributed by atoms with Crippen LogP contribution in [0.15, 0.2) is 53.4 Å². The van der Waals surface area contributed by atoms with Crippen molar-refractivity contribution in [2.24, 2.45) is 5.73 Å². The Morgan fingerprint density at radius 2 is 1.91 bits per heavy atom. The van der Waals surface area contributed by atoms with Gasteiger partial charge in [-0.3, -0.25) is 9.59 Å². The molecule has 3 rings (SSSR count). The maximum atomic E-state index is 12.4. The Balaban J connectivity index is 2.04. The summed E-state index contributed by atoms with van der Waals surface area (Å²) in [6, 6.07) is 15.1. The number of para-hydroxylation sites is 1. The van der Waals surface area contributed by atoms with Gasteiger partial charge >= 0.3 is 0 Å². The van der Waals surface area contributed by atoms with Gasteiger partial charge in [-0.2, -0.15) is 0 Å². The maximum Gasteiger partial charge on any atom is 0.255 e. The first-order valence-electron chi connectivity index (χ1n) is 7.19. The number of hydrogen-bond donors (Lipinski definition) is 2. The molecule has 0 bridgehead atoms. The van der Waals surface area contributed by atoms with E-state index in [0.717, 1.165) is 10.5 Å². The lowest BCUT2D eigenvalue weighted by Crippen LogP contribution is -2.49. The Morgan fingerprint density at radius 3 is 2.57 bits per heavy atom. The Morgan fingerprint density at radius 1 is 1.22 bits per heavy atom. The minimum absolute atomic E-state index is 0.0340. The zero-order valence-electron chi connectivity index (χ0n) is 12.7. The molecule has 5 nitrogen and oxygen atoms in total. The second-order valence-electron chi connectivity index (χ2n) is 5.26. The molecule has 2 aromatic carbocycles. The van der Waals surface area contributed by atoms with E-state index in [9.17, 15) is 9.59 Å². The van der Waals surface area contributed by atoms with E-state index in [1.807, 2.05) is 47.6 Å². The van der Waals surface area contributed by atoms with Gasteiger partial charge in [-0.1, -0.05) is 24.3 Å². The molecular formula is C17H17N3O2S. The molecule has 23 heavy (non-hydrogen) atoms. The fraction of sp³-hybridized carbons (Fsp3) is 0.176. The molecule has 3 N–H and O–H groups in total. The minimum Gasteiger partial charge on any atom is -0.368 e. The van der Waals surface area contributed by atoms with Gasteiger partial charge in [0.1, 0.15) is 6.17 Å². The number of nitrogens with two attached hydrogens (primary N) is 1. The number of carbonyl (C=O) groups is 2. The number of benzene rings is 2. The van der Waals surface area contributed by atoms with Crippen molar-refractivity contribution in [1.29, 1.82) is 0 Å². The van der Waals surface area contributed by atoms with Gasteiger partial charge in [-0.25, -0.2) is 0 Å². The summed E-state index contributed by atoms with van der Waals surface area (Å²) in [5, 5.41) is 2.95. The first-order chi connectivity index (χ1) is 11.1. The fourth-order valence-electron chi connectivity index (χ4n) is 2.73. The quantitative estimate of drug-likeness (QED) is 0.844. The Hall–Kier alpha value is -2.47. The number of hydrogen-bond acceptors (Lipinski definition) is 4. The summed E-state index contributed by atoms with van der Waals surface area (Å²) in [6.45, 7) is 0.0340. The number of fused-ring (bicyclic) bond motifs is 1. The van der Waals surface area contributed by atoms with Crippen LogP contribution >= 0.6 is 11.8 Å². The third-order valence-corrected chi connectivity index (χ3v) is 4.54. The van der Waals surface area contributed by atoms with Crippen LogP contribution in [-0.4, -0.2) is 24.6 Å². The second-order valence-corrected chi connectivity index (χ2v) is 6.14. The minimum atomic E-state index is -0.443. The van der Waals surface area contributed by atoms with Crippen molar-refractivity contribution < 1.29 is 9.59 Å². The number of carbonyl (C=O) groups excluding carboxylic acids is 2. The highest BCUT2D eigenvalue weighted by atomic mass is 32.2. The highest BCUT2D eigenvalue weighted by Gasteiger charge is 2.32. The van der Waals surface area contributed by atoms with Gasteiger partial charge < -0.3 is 16.0 Å². The molecule has 0 aromatic heterocycles. The average Bonchev–Trinajstić information content (AvgIpc) is 2.57. The summed E-state index contributed by atoms with van der Waals surface area (Å²) in [5.41, 5.74) is 7.58. The number of nitrogens with one attached hydrogen (secondary N) is 1. The van der Waals surface area contributed by atoms with Gasteiger partial charge in [0.2, 0.25) is 5.91 Å². The van der Waals surface area contributed by atoms with E-state index in [1.54, 1.807) is 23.9 Å². The third kappa shape index (κ3) is 3.03. The highest BCUT2D eigenvalue weighted by Crippen LogP contribution is 2.33. The average molecular weight is 327 g/mol. The normalized spacial score (nSPS) is 16.7. The standard InChI is InChI=1S/C17H17N3O2S/c1-23-12-8-6-11(7-9-12)16-19-17(22)13-4-2-3-5-14(13)20(16)10-15(18)21/h2-9,16H,10H2,1H3,(H2,18,21)(H,19,22)/t16-/m0/s1. The van der Waals surface area contributed by atoms with Crippen LogP contribution in [0.5, 0.6) is 0 Å². The lowest BCUT2D eigenvalue weighted by Gasteiger charge is -2.38. The summed E-state index contributed by atoms with van der Waals surface area (Å²) < 4.78 is 0. The molecule has 1 atom stereocenters. The topological polar surface area (TPSA) is 75.4 Å². The van der Waals surface area contributed by atoms with Crippen molar-refractivity contribution in [3.05, 3.63) is 59.7 Å². The number of nitrogens with zero attached hydrogens (tertiary/aromatic N) is 1. The molecule has 1 heterocycles. The molecule has 0 unspecified atom stereocenters. The van der Waals surface area contributed by atoms with E-state index in [0.29, 0.717) is 11.3 Å². The second kappa shape index (κ2) is 6.34. The van der Waals surface area contributed by atoms with Gasteiger partial charge in [-0.15, -0.1) is 11.8 Å². The van der Waals surface area contributed by atoms with Crippen LogP contribution in [0.4, 0.5) is 5.69 Å². The first-order valence-corrected chi connectivity index (χ1v) is 8.41. The van der Waals surface area contributed by atoms with Crippen LogP contribution in [0.25, 0.3) is 0 Å². The first kappa shape index (κ1) is 15.4. The molecule has 1 aliphatic heterocycles. The summed E-state index contributed by atoms with van der Waals surface area (Å²) in [6.07, 6.45) is 1.59.